The van der Waals surface area contributed by atoms with E-state index in [-0.39, 0.29) is 12.2 Å². The molecule has 0 spiro atoms. The number of benzene rings is 1. The van der Waals surface area contributed by atoms with Crippen molar-refractivity contribution in [2.75, 3.05) is 0 Å². The predicted octanol–water partition coefficient (Wildman–Crippen LogP) is 1.47. The van der Waals surface area contributed by atoms with Gasteiger partial charge in [-0.2, -0.15) is 5.26 Å². The number of allylic oxidation sites excluding steroid dienone is 1. The Balaban J connectivity index is 2.81. The second-order valence-electron chi connectivity index (χ2n) is 2.77. The number of nitrogens with zero attached hydrogens (tertiary/aromatic N) is 1. The molecule has 3 heteroatoms. The molecular formula is C11H10N2O. The molecule has 14 heavy (non-hydrogen) atoms. The minimum atomic E-state index is -0.270. The molecule has 0 radical (unpaired) electrons. The fourth-order valence-corrected chi connectivity index (χ4v) is 1.02. The van der Waals surface area contributed by atoms with Gasteiger partial charge in [-0.1, -0.05) is 30.3 Å². The van der Waals surface area contributed by atoms with Crippen molar-refractivity contribution in [1.29, 1.82) is 5.26 Å². The van der Waals surface area contributed by atoms with E-state index in [0.29, 0.717) is 5.70 Å². The van der Waals surface area contributed by atoms with Crippen LogP contribution >= 0.6 is 0 Å². The molecule has 0 heterocycles. The number of rotatable bonds is 3. The Morgan fingerprint density at radius 2 is 2.07 bits per heavy atom. The lowest BCUT2D eigenvalue weighted by Gasteiger charge is -1.99. The van der Waals surface area contributed by atoms with Gasteiger partial charge >= 0.3 is 0 Å². The van der Waals surface area contributed by atoms with E-state index in [1.807, 2.05) is 30.3 Å². The van der Waals surface area contributed by atoms with E-state index in [4.69, 9.17) is 11.0 Å². The van der Waals surface area contributed by atoms with Crippen LogP contribution in [0.25, 0.3) is 5.70 Å². The van der Waals surface area contributed by atoms with Gasteiger partial charge in [0.05, 0.1) is 12.5 Å². The topological polar surface area (TPSA) is 66.9 Å². The summed E-state index contributed by atoms with van der Waals surface area (Å²) >= 11 is 0. The van der Waals surface area contributed by atoms with Gasteiger partial charge in [0, 0.05) is 11.8 Å². The van der Waals surface area contributed by atoms with Crippen molar-refractivity contribution < 1.29 is 4.79 Å². The molecule has 3 nitrogen and oxygen atoms in total. The van der Waals surface area contributed by atoms with E-state index < -0.39 is 0 Å². The van der Waals surface area contributed by atoms with E-state index in [2.05, 4.69) is 0 Å². The summed E-state index contributed by atoms with van der Waals surface area (Å²) in [7, 11) is 0. The molecule has 0 aliphatic rings. The Bertz CT molecular complexity index is 387. The maximum Gasteiger partial charge on any atom is 0.171 e. The molecule has 0 aliphatic carbocycles. The third-order valence-electron chi connectivity index (χ3n) is 1.68. The van der Waals surface area contributed by atoms with E-state index in [9.17, 15) is 4.79 Å². The predicted molar refractivity (Wildman–Crippen MR) is 53.8 cm³/mol. The zero-order valence-corrected chi connectivity index (χ0v) is 7.60. The zero-order chi connectivity index (χ0) is 10.4. The number of hydrogen-bond acceptors (Lipinski definition) is 3. The van der Waals surface area contributed by atoms with Crippen molar-refractivity contribution in [3.8, 4) is 6.07 Å². The summed E-state index contributed by atoms with van der Waals surface area (Å²) in [4.78, 5) is 11.0. The fraction of sp³-hybridized carbons (Fsp3) is 0.0909. The molecular weight excluding hydrogens is 176 g/mol. The lowest BCUT2D eigenvalue weighted by Crippen LogP contribution is -2.00. The first-order valence-electron chi connectivity index (χ1n) is 4.16. The van der Waals surface area contributed by atoms with Crippen LogP contribution in [0.4, 0.5) is 0 Å². The van der Waals surface area contributed by atoms with Gasteiger partial charge in [0.15, 0.2) is 5.78 Å². The molecule has 0 fully saturated rings. The highest BCUT2D eigenvalue weighted by molar-refractivity contribution is 5.97. The van der Waals surface area contributed by atoms with Crippen LogP contribution < -0.4 is 5.73 Å². The Kier molecular flexibility index (Phi) is 3.45. The second-order valence-corrected chi connectivity index (χ2v) is 2.77. The van der Waals surface area contributed by atoms with Gasteiger partial charge in [-0.05, 0) is 5.56 Å². The molecule has 0 bridgehead atoms. The molecule has 0 unspecified atom stereocenters. The van der Waals surface area contributed by atoms with Crippen LogP contribution in [0.1, 0.15) is 12.0 Å². The fourth-order valence-electron chi connectivity index (χ4n) is 1.02. The molecule has 2 N–H and O–H groups in total. The molecule has 0 amide bonds. The number of nitriles is 1. The highest BCUT2D eigenvalue weighted by Crippen LogP contribution is 2.07. The molecule has 1 aromatic rings. The van der Waals surface area contributed by atoms with Crippen LogP contribution in [0.15, 0.2) is 36.4 Å². The maximum atomic E-state index is 11.0. The van der Waals surface area contributed by atoms with Crippen molar-refractivity contribution >= 4 is 11.5 Å². The van der Waals surface area contributed by atoms with Gasteiger partial charge in [-0.25, -0.2) is 0 Å². The van der Waals surface area contributed by atoms with Crippen molar-refractivity contribution in [3.63, 3.8) is 0 Å². The van der Waals surface area contributed by atoms with Crippen LogP contribution in [0.3, 0.4) is 0 Å². The van der Waals surface area contributed by atoms with Gasteiger partial charge in [0.1, 0.15) is 0 Å². The van der Waals surface area contributed by atoms with Gasteiger partial charge in [-0.3, -0.25) is 4.79 Å². The summed E-state index contributed by atoms with van der Waals surface area (Å²) in [5, 5.41) is 8.28. The lowest BCUT2D eigenvalue weighted by atomic mass is 10.1. The summed E-state index contributed by atoms with van der Waals surface area (Å²) < 4.78 is 0. The van der Waals surface area contributed by atoms with E-state index in [0.717, 1.165) is 5.56 Å². The Morgan fingerprint density at radius 1 is 1.43 bits per heavy atom. The summed E-state index contributed by atoms with van der Waals surface area (Å²) in [6, 6.07) is 10.9. The van der Waals surface area contributed by atoms with Gasteiger partial charge in [-0.15, -0.1) is 0 Å². The maximum absolute atomic E-state index is 11.0. The molecule has 1 rings (SSSR count). The molecule has 0 atom stereocenters. The van der Waals surface area contributed by atoms with E-state index in [1.165, 1.54) is 6.08 Å². The lowest BCUT2D eigenvalue weighted by molar-refractivity contribution is -0.113. The average Bonchev–Trinajstić information content (AvgIpc) is 2.19. The van der Waals surface area contributed by atoms with Crippen LogP contribution in [0.5, 0.6) is 0 Å². The number of carbonyl (C=O) groups excluding carboxylic acids is 1. The monoisotopic (exact) mass is 186 g/mol. The third-order valence-corrected chi connectivity index (χ3v) is 1.68. The Hall–Kier alpha value is -2.08. The first kappa shape index (κ1) is 10.0. The average molecular weight is 186 g/mol. The summed E-state index contributed by atoms with van der Waals surface area (Å²) in [5.41, 5.74) is 6.84. The standard InChI is InChI=1S/C11H10N2O/c12-7-6-10(14)8-11(13)9-4-2-1-3-5-9/h1-5,8H,6,13H2/b11-8-. The van der Waals surface area contributed by atoms with Crippen LogP contribution in [-0.4, -0.2) is 5.78 Å². The second kappa shape index (κ2) is 4.83. The smallest absolute Gasteiger partial charge is 0.171 e. The molecule has 0 aromatic heterocycles. The van der Waals surface area contributed by atoms with E-state index in [1.54, 1.807) is 6.07 Å². The normalized spacial score (nSPS) is 10.6. The van der Waals surface area contributed by atoms with Crippen molar-refractivity contribution in [2.45, 2.75) is 6.42 Å². The van der Waals surface area contributed by atoms with Crippen LogP contribution in [-0.2, 0) is 4.79 Å². The van der Waals surface area contributed by atoms with Crippen molar-refractivity contribution in [3.05, 3.63) is 42.0 Å². The number of nitrogens with two attached hydrogens (primary N) is 1. The van der Waals surface area contributed by atoms with Crippen molar-refractivity contribution in [1.82, 2.24) is 0 Å². The number of ketones is 1. The molecule has 1 aromatic carbocycles. The molecule has 0 aliphatic heterocycles. The number of carbonyl (C=O) groups is 1. The summed E-state index contributed by atoms with van der Waals surface area (Å²) in [5.74, 6) is -0.270. The summed E-state index contributed by atoms with van der Waals surface area (Å²) in [6.07, 6.45) is 1.16. The van der Waals surface area contributed by atoms with Gasteiger partial charge in [0.25, 0.3) is 0 Å². The highest BCUT2D eigenvalue weighted by atomic mass is 16.1. The minimum Gasteiger partial charge on any atom is -0.398 e. The van der Waals surface area contributed by atoms with Gasteiger partial charge < -0.3 is 5.73 Å². The number of hydrogen-bond donors (Lipinski definition) is 1. The molecule has 70 valence electrons. The quantitative estimate of drug-likeness (QED) is 0.727. The van der Waals surface area contributed by atoms with Gasteiger partial charge in [0.2, 0.25) is 0 Å². The minimum absolute atomic E-state index is 0.131. The summed E-state index contributed by atoms with van der Waals surface area (Å²) in [6.45, 7) is 0. The SMILES string of the molecule is N#CCC(=O)/C=C(\N)c1ccccc1. The first-order chi connectivity index (χ1) is 6.74. The third kappa shape index (κ3) is 2.76. The molecule has 0 saturated carbocycles. The van der Waals surface area contributed by atoms with Crippen LogP contribution in [0, 0.1) is 11.3 Å². The Labute approximate surface area is 82.5 Å². The van der Waals surface area contributed by atoms with Crippen molar-refractivity contribution in [2.24, 2.45) is 5.73 Å². The first-order valence-corrected chi connectivity index (χ1v) is 4.16. The molecule has 0 saturated heterocycles. The Morgan fingerprint density at radius 3 is 2.64 bits per heavy atom. The van der Waals surface area contributed by atoms with Crippen LogP contribution in [0.2, 0.25) is 0 Å². The van der Waals surface area contributed by atoms with E-state index >= 15 is 0 Å². The zero-order valence-electron chi connectivity index (χ0n) is 7.60. The highest BCUT2D eigenvalue weighted by Gasteiger charge is 1.99. The largest absolute Gasteiger partial charge is 0.398 e.